The van der Waals surface area contributed by atoms with Crippen molar-refractivity contribution in [2.75, 3.05) is 36.0 Å². The summed E-state index contributed by atoms with van der Waals surface area (Å²) >= 11 is 0. The zero-order chi connectivity index (χ0) is 19.2. The van der Waals surface area contributed by atoms with Crippen LogP contribution in [0.1, 0.15) is 37.7 Å². The monoisotopic (exact) mass is 379 g/mol. The molecule has 0 bridgehead atoms. The number of hydrogen-bond acceptors (Lipinski definition) is 5. The van der Waals surface area contributed by atoms with Gasteiger partial charge in [0, 0.05) is 44.7 Å². The van der Waals surface area contributed by atoms with Gasteiger partial charge in [-0.25, -0.2) is 9.97 Å². The van der Waals surface area contributed by atoms with Gasteiger partial charge in [0.15, 0.2) is 0 Å². The van der Waals surface area contributed by atoms with Crippen LogP contribution in [-0.4, -0.2) is 42.1 Å². The number of amides is 1. The molecule has 0 radical (unpaired) electrons. The van der Waals surface area contributed by atoms with Crippen LogP contribution in [0, 0.1) is 5.92 Å². The topological polar surface area (TPSA) is 61.4 Å². The lowest BCUT2D eigenvalue weighted by Gasteiger charge is -2.33. The molecule has 0 saturated carbocycles. The van der Waals surface area contributed by atoms with Gasteiger partial charge in [-0.2, -0.15) is 0 Å². The second kappa shape index (κ2) is 9.04. The van der Waals surface area contributed by atoms with Gasteiger partial charge in [0.25, 0.3) is 0 Å². The number of rotatable bonds is 5. The van der Waals surface area contributed by atoms with Crippen molar-refractivity contribution in [1.29, 1.82) is 0 Å². The van der Waals surface area contributed by atoms with Crippen LogP contribution in [-0.2, 0) is 11.3 Å². The highest BCUT2D eigenvalue weighted by Gasteiger charge is 2.26. The van der Waals surface area contributed by atoms with Gasteiger partial charge in [0.05, 0.1) is 0 Å². The van der Waals surface area contributed by atoms with Crippen LogP contribution in [0.15, 0.2) is 42.7 Å². The van der Waals surface area contributed by atoms with E-state index in [1.165, 1.54) is 19.3 Å². The molecule has 1 aromatic heterocycles. The molecule has 0 spiro atoms. The molecule has 2 aromatic rings. The Bertz CT molecular complexity index is 768. The fraction of sp³-hybridized carbons (Fsp3) is 0.500. The maximum absolute atomic E-state index is 12.5. The molecule has 4 rings (SSSR count). The lowest BCUT2D eigenvalue weighted by atomic mass is 9.96. The van der Waals surface area contributed by atoms with Crippen LogP contribution in [0.2, 0.25) is 0 Å². The number of nitrogens with one attached hydrogen (secondary N) is 1. The first-order valence-corrected chi connectivity index (χ1v) is 10.4. The van der Waals surface area contributed by atoms with Crippen LogP contribution < -0.4 is 15.1 Å². The van der Waals surface area contributed by atoms with Crippen molar-refractivity contribution >= 4 is 17.5 Å². The lowest BCUT2D eigenvalue weighted by molar-refractivity contribution is -0.125. The smallest absolute Gasteiger partial charge is 0.223 e. The van der Waals surface area contributed by atoms with Gasteiger partial charge in [-0.1, -0.05) is 30.3 Å². The molecule has 2 saturated heterocycles. The first-order chi connectivity index (χ1) is 13.8. The van der Waals surface area contributed by atoms with Gasteiger partial charge in [0.2, 0.25) is 5.91 Å². The maximum Gasteiger partial charge on any atom is 0.223 e. The summed E-state index contributed by atoms with van der Waals surface area (Å²) in [7, 11) is 0. The van der Waals surface area contributed by atoms with E-state index in [-0.39, 0.29) is 11.8 Å². The van der Waals surface area contributed by atoms with E-state index in [0.29, 0.717) is 6.54 Å². The second-order valence-electron chi connectivity index (χ2n) is 7.75. The highest BCUT2D eigenvalue weighted by Crippen LogP contribution is 2.25. The Balaban J connectivity index is 1.29. The predicted octanol–water partition coefficient (Wildman–Crippen LogP) is 3.00. The van der Waals surface area contributed by atoms with Crippen molar-refractivity contribution in [2.24, 2.45) is 5.92 Å². The Morgan fingerprint density at radius 3 is 2.25 bits per heavy atom. The van der Waals surface area contributed by atoms with Crippen LogP contribution in [0.4, 0.5) is 11.6 Å². The number of aromatic nitrogens is 2. The molecule has 1 aromatic carbocycles. The minimum Gasteiger partial charge on any atom is -0.356 e. The van der Waals surface area contributed by atoms with E-state index in [4.69, 9.17) is 0 Å². The van der Waals surface area contributed by atoms with Gasteiger partial charge >= 0.3 is 0 Å². The SMILES string of the molecule is O=C(NCc1ccccc1)C1CCN(c2cc(N3CCCCC3)ncn2)CC1. The van der Waals surface area contributed by atoms with Crippen molar-refractivity contribution in [3.8, 4) is 0 Å². The predicted molar refractivity (Wildman–Crippen MR) is 111 cm³/mol. The van der Waals surface area contributed by atoms with Gasteiger partial charge in [-0.3, -0.25) is 4.79 Å². The first kappa shape index (κ1) is 18.7. The number of hydrogen-bond donors (Lipinski definition) is 1. The maximum atomic E-state index is 12.5. The third kappa shape index (κ3) is 4.61. The van der Waals surface area contributed by atoms with Gasteiger partial charge in [0.1, 0.15) is 18.0 Å². The number of piperidine rings is 2. The Morgan fingerprint density at radius 2 is 1.57 bits per heavy atom. The zero-order valence-corrected chi connectivity index (χ0v) is 16.4. The van der Waals surface area contributed by atoms with E-state index < -0.39 is 0 Å². The minimum absolute atomic E-state index is 0.0864. The Hall–Kier alpha value is -2.63. The molecule has 6 nitrogen and oxygen atoms in total. The molecule has 1 N–H and O–H groups in total. The van der Waals surface area contributed by atoms with Gasteiger partial charge in [-0.05, 0) is 37.7 Å². The quantitative estimate of drug-likeness (QED) is 0.865. The summed E-state index contributed by atoms with van der Waals surface area (Å²) in [4.78, 5) is 26.1. The zero-order valence-electron chi connectivity index (χ0n) is 16.4. The molecule has 28 heavy (non-hydrogen) atoms. The van der Waals surface area contributed by atoms with E-state index >= 15 is 0 Å². The molecule has 3 heterocycles. The van der Waals surface area contributed by atoms with E-state index in [2.05, 4.69) is 31.2 Å². The van der Waals surface area contributed by atoms with Gasteiger partial charge < -0.3 is 15.1 Å². The molecule has 2 fully saturated rings. The average Bonchev–Trinajstić information content (AvgIpc) is 2.79. The van der Waals surface area contributed by atoms with Crippen LogP contribution >= 0.6 is 0 Å². The molecule has 1 amide bonds. The third-order valence-corrected chi connectivity index (χ3v) is 5.82. The summed E-state index contributed by atoms with van der Waals surface area (Å²) in [6, 6.07) is 12.2. The Labute approximate surface area is 167 Å². The molecule has 148 valence electrons. The number of benzene rings is 1. The molecular formula is C22H29N5O. The fourth-order valence-corrected chi connectivity index (χ4v) is 4.11. The number of carbonyl (C=O) groups excluding carboxylic acids is 1. The summed E-state index contributed by atoms with van der Waals surface area (Å²) in [6.45, 7) is 4.49. The van der Waals surface area contributed by atoms with Crippen LogP contribution in [0.25, 0.3) is 0 Å². The molecule has 2 aliphatic heterocycles. The van der Waals surface area contributed by atoms with Crippen molar-refractivity contribution in [3.63, 3.8) is 0 Å². The van der Waals surface area contributed by atoms with Crippen molar-refractivity contribution < 1.29 is 4.79 Å². The summed E-state index contributed by atoms with van der Waals surface area (Å²) in [6.07, 6.45) is 7.20. The summed E-state index contributed by atoms with van der Waals surface area (Å²) in [5.41, 5.74) is 1.14. The largest absolute Gasteiger partial charge is 0.356 e. The summed E-state index contributed by atoms with van der Waals surface area (Å²) in [5, 5.41) is 3.09. The van der Waals surface area contributed by atoms with E-state index in [9.17, 15) is 4.79 Å². The summed E-state index contributed by atoms with van der Waals surface area (Å²) in [5.74, 6) is 2.27. The normalized spacial score (nSPS) is 18.1. The number of anilines is 2. The molecule has 0 unspecified atom stereocenters. The molecule has 2 aliphatic rings. The first-order valence-electron chi connectivity index (χ1n) is 10.4. The molecule has 0 aliphatic carbocycles. The van der Waals surface area contributed by atoms with Crippen LogP contribution in [0.3, 0.4) is 0 Å². The van der Waals surface area contributed by atoms with E-state index in [1.54, 1.807) is 6.33 Å². The Kier molecular flexibility index (Phi) is 6.04. The van der Waals surface area contributed by atoms with Gasteiger partial charge in [-0.15, -0.1) is 0 Å². The van der Waals surface area contributed by atoms with E-state index in [1.807, 2.05) is 30.3 Å². The van der Waals surface area contributed by atoms with Crippen LogP contribution in [0.5, 0.6) is 0 Å². The lowest BCUT2D eigenvalue weighted by Crippen LogP contribution is -2.40. The standard InChI is InChI=1S/C22H29N5O/c28-22(23-16-18-7-3-1-4-8-18)19-9-13-27(14-10-19)21-15-20(24-17-25-21)26-11-5-2-6-12-26/h1,3-4,7-8,15,17,19H,2,5-6,9-14,16H2,(H,23,28). The van der Waals surface area contributed by atoms with Crippen molar-refractivity contribution in [1.82, 2.24) is 15.3 Å². The fourth-order valence-electron chi connectivity index (χ4n) is 4.11. The molecule has 6 heteroatoms. The third-order valence-electron chi connectivity index (χ3n) is 5.82. The molecular weight excluding hydrogens is 350 g/mol. The summed E-state index contributed by atoms with van der Waals surface area (Å²) < 4.78 is 0. The number of carbonyl (C=O) groups is 1. The highest BCUT2D eigenvalue weighted by atomic mass is 16.1. The minimum atomic E-state index is 0.0864. The highest BCUT2D eigenvalue weighted by molar-refractivity contribution is 5.79. The Morgan fingerprint density at radius 1 is 0.929 bits per heavy atom. The van der Waals surface area contributed by atoms with Crippen molar-refractivity contribution in [3.05, 3.63) is 48.3 Å². The molecule has 0 atom stereocenters. The van der Waals surface area contributed by atoms with Crippen molar-refractivity contribution in [2.45, 2.75) is 38.6 Å². The number of nitrogens with zero attached hydrogens (tertiary/aromatic N) is 4. The van der Waals surface area contributed by atoms with E-state index in [0.717, 1.165) is 56.2 Å². The second-order valence-corrected chi connectivity index (χ2v) is 7.75. The average molecular weight is 380 g/mol.